The minimum absolute atomic E-state index is 0.254. The van der Waals surface area contributed by atoms with Gasteiger partial charge in [-0.3, -0.25) is 0 Å². The van der Waals surface area contributed by atoms with Crippen LogP contribution in [-0.2, 0) is 4.74 Å². The van der Waals surface area contributed by atoms with Crippen LogP contribution in [0.1, 0.15) is 11.2 Å². The molecule has 1 unspecified atom stereocenters. The van der Waals surface area contributed by atoms with E-state index in [0.717, 1.165) is 20.7 Å². The van der Waals surface area contributed by atoms with Gasteiger partial charge in [-0.15, -0.1) is 17.8 Å². The molecule has 0 bridgehead atoms. The van der Waals surface area contributed by atoms with E-state index in [1.165, 1.54) is 18.4 Å². The lowest BCUT2D eigenvalue weighted by molar-refractivity contribution is -0.0742. The number of aliphatic hydroxyl groups excluding tert-OH is 1. The molecule has 0 fully saturated rings. The predicted molar refractivity (Wildman–Crippen MR) is 68.1 cm³/mol. The van der Waals surface area contributed by atoms with Gasteiger partial charge in [0.05, 0.1) is 4.88 Å². The Morgan fingerprint density at radius 3 is 3.00 bits per heavy atom. The van der Waals surface area contributed by atoms with Crippen LogP contribution in [0.3, 0.4) is 0 Å². The molecule has 0 radical (unpaired) electrons. The molecule has 1 aromatic heterocycles. The number of fused-ring (bicyclic) bond motifs is 1. The maximum atomic E-state index is 9.57. The molecule has 2 aromatic rings. The van der Waals surface area contributed by atoms with E-state index in [0.29, 0.717) is 0 Å². The number of hydrogen-bond acceptors (Lipinski definition) is 4. The maximum Gasteiger partial charge on any atom is 0.190 e. The van der Waals surface area contributed by atoms with Crippen molar-refractivity contribution in [3.8, 4) is 18.1 Å². The Balaban J connectivity index is 2.31. The summed E-state index contributed by atoms with van der Waals surface area (Å²) in [6, 6.07) is 7.60. The molecule has 4 heteroatoms. The Morgan fingerprint density at radius 2 is 2.29 bits per heavy atom. The molecule has 0 saturated heterocycles. The van der Waals surface area contributed by atoms with Gasteiger partial charge in [0.25, 0.3) is 0 Å². The van der Waals surface area contributed by atoms with Gasteiger partial charge < -0.3 is 14.6 Å². The zero-order valence-corrected chi connectivity index (χ0v) is 10.2. The third-order valence-electron chi connectivity index (χ3n) is 2.30. The number of aliphatic hydroxyl groups is 1. The second kappa shape index (κ2) is 5.19. The van der Waals surface area contributed by atoms with Crippen molar-refractivity contribution in [1.29, 1.82) is 0 Å². The van der Waals surface area contributed by atoms with Gasteiger partial charge in [-0.2, -0.15) is 0 Å². The number of rotatable bonds is 4. The molecule has 1 heterocycles. The first kappa shape index (κ1) is 11.9. The monoisotopic (exact) mass is 248 g/mol. The highest BCUT2D eigenvalue weighted by Crippen LogP contribution is 2.32. The van der Waals surface area contributed by atoms with Crippen molar-refractivity contribution in [2.24, 2.45) is 0 Å². The lowest BCUT2D eigenvalue weighted by atomic mass is 10.2. The molecular weight excluding hydrogens is 236 g/mol. The van der Waals surface area contributed by atoms with Crippen LogP contribution < -0.4 is 4.74 Å². The van der Waals surface area contributed by atoms with E-state index in [1.54, 1.807) is 0 Å². The number of hydrogen-bond donors (Lipinski definition) is 1. The smallest absolute Gasteiger partial charge is 0.190 e. The van der Waals surface area contributed by atoms with Crippen molar-refractivity contribution >= 4 is 21.4 Å². The van der Waals surface area contributed by atoms with Crippen LogP contribution in [0.5, 0.6) is 5.75 Å². The summed E-state index contributed by atoms with van der Waals surface area (Å²) in [5, 5.41) is 10.6. The molecule has 17 heavy (non-hydrogen) atoms. The van der Waals surface area contributed by atoms with Gasteiger partial charge in [-0.25, -0.2) is 0 Å². The standard InChI is InChI=1S/C13H12O3S/c1-3-6-16-10-5-4-9-7-12(13(14)15-2)17-11(9)8-10/h1,4-5,7-8,13-14H,6H2,2H3. The zero-order chi connectivity index (χ0) is 12.3. The third kappa shape index (κ3) is 2.59. The first-order valence-electron chi connectivity index (χ1n) is 5.05. The molecular formula is C13H12O3S. The number of benzene rings is 1. The summed E-state index contributed by atoms with van der Waals surface area (Å²) < 4.78 is 11.2. The molecule has 1 aromatic carbocycles. The summed E-state index contributed by atoms with van der Waals surface area (Å²) in [7, 11) is 1.47. The van der Waals surface area contributed by atoms with Crippen LogP contribution >= 0.6 is 11.3 Å². The Labute approximate surface area is 104 Å². The number of thiophene rings is 1. The quantitative estimate of drug-likeness (QED) is 0.667. The molecule has 3 nitrogen and oxygen atoms in total. The summed E-state index contributed by atoms with van der Waals surface area (Å²) in [5.74, 6) is 3.15. The summed E-state index contributed by atoms with van der Waals surface area (Å²) in [6.45, 7) is 0.254. The van der Waals surface area contributed by atoms with Crippen molar-refractivity contribution < 1.29 is 14.6 Å². The van der Waals surface area contributed by atoms with E-state index in [4.69, 9.17) is 15.9 Å². The van der Waals surface area contributed by atoms with E-state index in [-0.39, 0.29) is 6.61 Å². The molecule has 88 valence electrons. The van der Waals surface area contributed by atoms with Gasteiger partial charge in [0.2, 0.25) is 0 Å². The van der Waals surface area contributed by atoms with Crippen molar-refractivity contribution in [3.05, 3.63) is 29.1 Å². The molecule has 1 N–H and O–H groups in total. The molecule has 1 atom stereocenters. The van der Waals surface area contributed by atoms with E-state index in [2.05, 4.69) is 5.92 Å². The summed E-state index contributed by atoms with van der Waals surface area (Å²) >= 11 is 1.47. The van der Waals surface area contributed by atoms with Crippen LogP contribution in [0, 0.1) is 12.3 Å². The highest BCUT2D eigenvalue weighted by atomic mass is 32.1. The fraction of sp³-hybridized carbons (Fsp3) is 0.231. The van der Waals surface area contributed by atoms with Gasteiger partial charge in [0, 0.05) is 11.8 Å². The molecule has 2 rings (SSSR count). The lowest BCUT2D eigenvalue weighted by Crippen LogP contribution is -1.95. The minimum Gasteiger partial charge on any atom is -0.481 e. The number of terminal acetylenes is 1. The van der Waals surface area contributed by atoms with E-state index < -0.39 is 6.29 Å². The summed E-state index contributed by atoms with van der Waals surface area (Å²) in [4.78, 5) is 0.775. The topological polar surface area (TPSA) is 38.7 Å². The molecule has 0 aliphatic rings. The average Bonchev–Trinajstić information content (AvgIpc) is 2.78. The Morgan fingerprint density at radius 1 is 1.47 bits per heavy atom. The SMILES string of the molecule is C#CCOc1ccc2cc(C(O)OC)sc2c1. The first-order valence-corrected chi connectivity index (χ1v) is 5.87. The molecule has 0 spiro atoms. The Hall–Kier alpha value is -1.54. The second-order valence-corrected chi connectivity index (χ2v) is 4.54. The molecule has 0 saturated carbocycles. The molecule has 0 aliphatic heterocycles. The fourth-order valence-corrected chi connectivity index (χ4v) is 2.54. The van der Waals surface area contributed by atoms with Gasteiger partial charge in [0.1, 0.15) is 12.4 Å². The van der Waals surface area contributed by atoms with Crippen LogP contribution in [0.4, 0.5) is 0 Å². The number of methoxy groups -OCH3 is 1. The second-order valence-electron chi connectivity index (χ2n) is 3.43. The van der Waals surface area contributed by atoms with Gasteiger partial charge >= 0.3 is 0 Å². The lowest BCUT2D eigenvalue weighted by Gasteiger charge is -2.03. The predicted octanol–water partition coefficient (Wildman–Crippen LogP) is 2.55. The van der Waals surface area contributed by atoms with Crippen molar-refractivity contribution in [1.82, 2.24) is 0 Å². The molecule has 0 aliphatic carbocycles. The van der Waals surface area contributed by atoms with Crippen molar-refractivity contribution in [3.63, 3.8) is 0 Å². The summed E-state index contributed by atoms with van der Waals surface area (Å²) in [5.41, 5.74) is 0. The van der Waals surface area contributed by atoms with Crippen LogP contribution in [0.15, 0.2) is 24.3 Å². The average molecular weight is 248 g/mol. The van der Waals surface area contributed by atoms with Crippen molar-refractivity contribution in [2.75, 3.05) is 13.7 Å². The normalized spacial score (nSPS) is 12.3. The maximum absolute atomic E-state index is 9.57. The fourth-order valence-electron chi connectivity index (χ4n) is 1.48. The van der Waals surface area contributed by atoms with E-state index in [1.807, 2.05) is 24.3 Å². The van der Waals surface area contributed by atoms with E-state index in [9.17, 15) is 5.11 Å². The third-order valence-corrected chi connectivity index (χ3v) is 3.43. The largest absolute Gasteiger partial charge is 0.481 e. The first-order chi connectivity index (χ1) is 8.24. The van der Waals surface area contributed by atoms with Crippen molar-refractivity contribution in [2.45, 2.75) is 6.29 Å². The van der Waals surface area contributed by atoms with Crippen LogP contribution in [-0.4, -0.2) is 18.8 Å². The Bertz CT molecular complexity index is 553. The van der Waals surface area contributed by atoms with Gasteiger partial charge in [-0.05, 0) is 29.7 Å². The highest BCUT2D eigenvalue weighted by molar-refractivity contribution is 7.19. The zero-order valence-electron chi connectivity index (χ0n) is 9.34. The van der Waals surface area contributed by atoms with E-state index >= 15 is 0 Å². The number of ether oxygens (including phenoxy) is 2. The van der Waals surface area contributed by atoms with Gasteiger partial charge in [-0.1, -0.05) is 5.92 Å². The Kier molecular flexibility index (Phi) is 3.64. The molecule has 0 amide bonds. The summed E-state index contributed by atoms with van der Waals surface area (Å²) in [6.07, 6.45) is 4.26. The van der Waals surface area contributed by atoms with Crippen LogP contribution in [0.25, 0.3) is 10.1 Å². The highest BCUT2D eigenvalue weighted by Gasteiger charge is 2.10. The minimum atomic E-state index is -0.873. The van der Waals surface area contributed by atoms with Gasteiger partial charge in [0.15, 0.2) is 6.29 Å². The van der Waals surface area contributed by atoms with Crippen LogP contribution in [0.2, 0.25) is 0 Å².